The smallest absolute Gasteiger partial charge is 0.114 e. The van der Waals surface area contributed by atoms with Crippen molar-refractivity contribution in [1.29, 1.82) is 0 Å². The first kappa shape index (κ1) is 6.56. The van der Waals surface area contributed by atoms with Gasteiger partial charge in [-0.2, -0.15) is 0 Å². The van der Waals surface area contributed by atoms with Crippen LogP contribution in [0.4, 0.5) is 0 Å². The van der Waals surface area contributed by atoms with Gasteiger partial charge in [0.15, 0.2) is 0 Å². The van der Waals surface area contributed by atoms with E-state index >= 15 is 0 Å². The van der Waals surface area contributed by atoms with Gasteiger partial charge < -0.3 is 0 Å². The van der Waals surface area contributed by atoms with Crippen molar-refractivity contribution in [2.45, 2.75) is 0 Å². The third-order valence-electron chi connectivity index (χ3n) is 0.291. The van der Waals surface area contributed by atoms with E-state index in [1.165, 1.54) is 6.34 Å². The number of rotatable bonds is 2. The Labute approximate surface area is 50.8 Å². The topological polar surface area (TPSA) is 24.7 Å². The lowest BCUT2D eigenvalue weighted by Crippen LogP contribution is -1.54. The van der Waals surface area contributed by atoms with Gasteiger partial charge in [-0.15, -0.1) is 0 Å². The zero-order valence-corrected chi connectivity index (χ0v) is 5.30. The maximum absolute atomic E-state index is 3.63. The second-order valence-electron chi connectivity index (χ2n) is 0.722. The molecule has 38 valence electrons. The van der Waals surface area contributed by atoms with E-state index in [0.29, 0.717) is 0 Å². The highest BCUT2D eigenvalue weighted by Gasteiger charge is 1.53. The molecule has 0 atom stereocenters. The molecule has 3 heteroatoms. The lowest BCUT2D eigenvalue weighted by Gasteiger charge is -1.65. The molecule has 2 nitrogen and oxygen atoms in total. The van der Waals surface area contributed by atoms with E-state index in [-0.39, 0.29) is 0 Å². The summed E-state index contributed by atoms with van der Waals surface area (Å²) in [6.45, 7) is 3.18. The third kappa shape index (κ3) is 5.56. The molecule has 0 aromatic heterocycles. The fourth-order valence-electron chi connectivity index (χ4n) is 0.118. The number of aliphatic imine (C=N–C) groups is 2. The Morgan fingerprint density at radius 3 is 2.71 bits per heavy atom. The summed E-state index contributed by atoms with van der Waals surface area (Å²) in [5, 5.41) is 0. The van der Waals surface area contributed by atoms with E-state index < -0.39 is 0 Å². The van der Waals surface area contributed by atoms with Gasteiger partial charge in [0, 0.05) is 6.20 Å². The molecule has 0 fully saturated rings. The maximum atomic E-state index is 3.63. The van der Waals surface area contributed by atoms with Crippen molar-refractivity contribution >= 4 is 29.0 Å². The van der Waals surface area contributed by atoms with Gasteiger partial charge in [0.25, 0.3) is 0 Å². The molecule has 0 amide bonds. The molecule has 0 N–H and O–H groups in total. The molecule has 0 aromatic carbocycles. The van der Waals surface area contributed by atoms with Crippen LogP contribution in [0.3, 0.4) is 0 Å². The second kappa shape index (κ2) is 5.56. The number of halogens is 1. The van der Waals surface area contributed by atoms with Gasteiger partial charge in [0.05, 0.1) is 0 Å². The molecular formula is C4H5BrN2. The van der Waals surface area contributed by atoms with Crippen LogP contribution in [0.25, 0.3) is 0 Å². The largest absolute Gasteiger partial charge is 0.253 e. The van der Waals surface area contributed by atoms with Gasteiger partial charge in [-0.05, 0) is 11.7 Å². The SMILES string of the molecule is C=NC=N/C=C/Br. The van der Waals surface area contributed by atoms with Gasteiger partial charge in [0.2, 0.25) is 0 Å². The predicted octanol–water partition coefficient (Wildman–Crippen LogP) is 1.58. The van der Waals surface area contributed by atoms with Crippen LogP contribution in [0, 0.1) is 0 Å². The Morgan fingerprint density at radius 1 is 1.57 bits per heavy atom. The minimum atomic E-state index is 1.36. The summed E-state index contributed by atoms with van der Waals surface area (Å²) in [5.74, 6) is 0. The quantitative estimate of drug-likeness (QED) is 0.433. The molecular weight excluding hydrogens is 156 g/mol. The monoisotopic (exact) mass is 160 g/mol. The fourth-order valence-corrected chi connectivity index (χ4v) is 0.255. The van der Waals surface area contributed by atoms with Crippen LogP contribution in [-0.4, -0.2) is 13.1 Å². The van der Waals surface area contributed by atoms with Crippen molar-refractivity contribution < 1.29 is 0 Å². The third-order valence-corrected chi connectivity index (χ3v) is 0.527. The van der Waals surface area contributed by atoms with E-state index in [9.17, 15) is 0 Å². The van der Waals surface area contributed by atoms with Crippen LogP contribution in [0.1, 0.15) is 0 Å². The van der Waals surface area contributed by atoms with E-state index in [0.717, 1.165) is 0 Å². The van der Waals surface area contributed by atoms with Gasteiger partial charge in [-0.25, -0.2) is 4.99 Å². The lowest BCUT2D eigenvalue weighted by molar-refractivity contribution is 1.58. The molecule has 0 aromatic rings. The Morgan fingerprint density at radius 2 is 2.29 bits per heavy atom. The number of hydrogen-bond donors (Lipinski definition) is 0. The van der Waals surface area contributed by atoms with Gasteiger partial charge in [-0.3, -0.25) is 4.99 Å². The van der Waals surface area contributed by atoms with Crippen molar-refractivity contribution in [2.24, 2.45) is 9.98 Å². The second-order valence-corrected chi connectivity index (χ2v) is 1.25. The van der Waals surface area contributed by atoms with E-state index in [4.69, 9.17) is 0 Å². The molecule has 0 rings (SSSR count). The summed E-state index contributed by atoms with van der Waals surface area (Å²) in [6, 6.07) is 0. The Balaban J connectivity index is 3.27. The normalized spacial score (nSPS) is 11.0. The summed E-state index contributed by atoms with van der Waals surface area (Å²) in [6.07, 6.45) is 2.92. The number of nitrogens with zero attached hydrogens (tertiary/aromatic N) is 2. The minimum absolute atomic E-state index is 1.36. The molecule has 0 aliphatic heterocycles. The summed E-state index contributed by atoms with van der Waals surface area (Å²) in [7, 11) is 0. The van der Waals surface area contributed by atoms with Crippen LogP contribution >= 0.6 is 15.9 Å². The fraction of sp³-hybridized carbons (Fsp3) is 0. The average molecular weight is 161 g/mol. The first-order chi connectivity index (χ1) is 3.41. The van der Waals surface area contributed by atoms with Crippen molar-refractivity contribution in [3.8, 4) is 0 Å². The Bertz CT molecular complexity index is 95.9. The summed E-state index contributed by atoms with van der Waals surface area (Å²) in [4.78, 5) is 8.62. The van der Waals surface area contributed by atoms with E-state index in [2.05, 4.69) is 32.6 Å². The zero-order valence-electron chi connectivity index (χ0n) is 3.71. The van der Waals surface area contributed by atoms with Crippen LogP contribution < -0.4 is 0 Å². The molecule has 0 unspecified atom stereocenters. The van der Waals surface area contributed by atoms with Crippen molar-refractivity contribution in [1.82, 2.24) is 0 Å². The highest BCUT2D eigenvalue weighted by Crippen LogP contribution is 1.80. The van der Waals surface area contributed by atoms with Gasteiger partial charge >= 0.3 is 0 Å². The Hall–Kier alpha value is -0.440. The minimum Gasteiger partial charge on any atom is -0.253 e. The van der Waals surface area contributed by atoms with Crippen LogP contribution in [0.5, 0.6) is 0 Å². The molecule has 0 saturated heterocycles. The highest BCUT2D eigenvalue weighted by atomic mass is 79.9. The molecule has 0 radical (unpaired) electrons. The first-order valence-corrected chi connectivity index (χ1v) is 2.56. The van der Waals surface area contributed by atoms with Gasteiger partial charge in [-0.1, -0.05) is 15.9 Å². The average Bonchev–Trinajstić information content (AvgIpc) is 1.69. The maximum Gasteiger partial charge on any atom is 0.114 e. The molecule has 0 spiro atoms. The molecule has 0 saturated carbocycles. The molecule has 0 aliphatic carbocycles. The summed E-state index contributed by atoms with van der Waals surface area (Å²) >= 11 is 3.02. The van der Waals surface area contributed by atoms with E-state index in [1.54, 1.807) is 11.2 Å². The summed E-state index contributed by atoms with van der Waals surface area (Å²) < 4.78 is 0. The van der Waals surface area contributed by atoms with Crippen LogP contribution in [0.2, 0.25) is 0 Å². The standard InChI is InChI=1S/C4H5BrN2/c1-6-4-7-3-2-5/h2-4H,1H2/b3-2+,7-4?. The van der Waals surface area contributed by atoms with Crippen molar-refractivity contribution in [3.63, 3.8) is 0 Å². The first-order valence-electron chi connectivity index (χ1n) is 1.64. The lowest BCUT2D eigenvalue weighted by atomic mass is 11.0. The van der Waals surface area contributed by atoms with Crippen LogP contribution in [-0.2, 0) is 0 Å². The molecule has 0 bridgehead atoms. The number of hydrogen-bond acceptors (Lipinski definition) is 1. The van der Waals surface area contributed by atoms with Crippen molar-refractivity contribution in [2.75, 3.05) is 0 Å². The van der Waals surface area contributed by atoms with Gasteiger partial charge in [0.1, 0.15) is 6.34 Å². The predicted molar refractivity (Wildman–Crippen MR) is 36.1 cm³/mol. The summed E-state index contributed by atoms with van der Waals surface area (Å²) in [5.41, 5.74) is 0. The zero-order chi connectivity index (χ0) is 5.54. The highest BCUT2D eigenvalue weighted by molar-refractivity contribution is 9.11. The molecule has 0 heterocycles. The Kier molecular flexibility index (Phi) is 5.21. The van der Waals surface area contributed by atoms with Crippen molar-refractivity contribution in [3.05, 3.63) is 11.2 Å². The van der Waals surface area contributed by atoms with E-state index in [1.807, 2.05) is 0 Å². The molecule has 7 heavy (non-hydrogen) atoms. The van der Waals surface area contributed by atoms with Crippen LogP contribution in [0.15, 0.2) is 21.2 Å². The molecule has 0 aliphatic rings.